The third kappa shape index (κ3) is 3.75. The molecule has 4 saturated carbocycles. The molecule has 4 atom stereocenters. The van der Waals surface area contributed by atoms with Gasteiger partial charge < -0.3 is 19.9 Å². The van der Waals surface area contributed by atoms with Crippen molar-refractivity contribution < 1.29 is 29.0 Å². The standard InChI is InChI=1S/C22H27NO6/c1-13-3-4-16(19(25)28-2)6-17(13)23-18(24)11-29-20(26)21-7-14-5-15(8-21)10-22(27,9-14)12-21/h3-4,6,14-15,27H,5,7-12H2,1-2H3,(H,23,24)/t14-,15+,21?,22?. The first-order valence-corrected chi connectivity index (χ1v) is 10.1. The van der Waals surface area contributed by atoms with Crippen molar-refractivity contribution in [2.75, 3.05) is 19.0 Å². The number of aryl methyl sites for hydroxylation is 1. The Morgan fingerprint density at radius 3 is 2.48 bits per heavy atom. The molecule has 0 aliphatic heterocycles. The summed E-state index contributed by atoms with van der Waals surface area (Å²) in [6.45, 7) is 1.41. The molecule has 1 aromatic carbocycles. The van der Waals surface area contributed by atoms with Crippen molar-refractivity contribution in [3.63, 3.8) is 0 Å². The van der Waals surface area contributed by atoms with Crippen molar-refractivity contribution in [2.24, 2.45) is 17.3 Å². The second-order valence-corrected chi connectivity index (χ2v) is 9.11. The van der Waals surface area contributed by atoms with Crippen molar-refractivity contribution in [3.05, 3.63) is 29.3 Å². The van der Waals surface area contributed by atoms with E-state index in [1.807, 2.05) is 0 Å². The van der Waals surface area contributed by atoms with Crippen LogP contribution in [-0.4, -0.2) is 42.3 Å². The fourth-order valence-corrected chi connectivity index (χ4v) is 5.92. The van der Waals surface area contributed by atoms with Gasteiger partial charge in [0, 0.05) is 5.69 Å². The van der Waals surface area contributed by atoms with E-state index in [9.17, 15) is 19.5 Å². The molecule has 1 aromatic rings. The molecule has 156 valence electrons. The van der Waals surface area contributed by atoms with Crippen LogP contribution in [-0.2, 0) is 19.1 Å². The number of rotatable bonds is 5. The molecule has 2 unspecified atom stereocenters. The third-order valence-electron chi connectivity index (χ3n) is 6.73. The lowest BCUT2D eigenvalue weighted by atomic mass is 9.48. The highest BCUT2D eigenvalue weighted by molar-refractivity contribution is 5.96. The van der Waals surface area contributed by atoms with Gasteiger partial charge in [0.15, 0.2) is 6.61 Å². The molecular formula is C22H27NO6. The quantitative estimate of drug-likeness (QED) is 0.736. The summed E-state index contributed by atoms with van der Waals surface area (Å²) >= 11 is 0. The minimum absolute atomic E-state index is 0.326. The lowest BCUT2D eigenvalue weighted by Crippen LogP contribution is -2.58. The smallest absolute Gasteiger partial charge is 0.337 e. The van der Waals surface area contributed by atoms with Crippen LogP contribution in [0.4, 0.5) is 5.69 Å². The first-order valence-electron chi connectivity index (χ1n) is 10.1. The first kappa shape index (κ1) is 19.9. The number of ether oxygens (including phenoxy) is 2. The highest BCUT2D eigenvalue weighted by Crippen LogP contribution is 2.61. The van der Waals surface area contributed by atoms with Crippen LogP contribution in [0.3, 0.4) is 0 Å². The van der Waals surface area contributed by atoms with E-state index in [1.54, 1.807) is 19.1 Å². The number of methoxy groups -OCH3 is 1. The predicted octanol–water partition coefficient (Wildman–Crippen LogP) is 2.59. The maximum atomic E-state index is 12.9. The Bertz CT molecular complexity index is 849. The second-order valence-electron chi connectivity index (χ2n) is 9.11. The Morgan fingerprint density at radius 1 is 1.17 bits per heavy atom. The van der Waals surface area contributed by atoms with E-state index in [0.29, 0.717) is 29.5 Å². The van der Waals surface area contributed by atoms with Crippen LogP contribution < -0.4 is 5.32 Å². The monoisotopic (exact) mass is 401 g/mol. The van der Waals surface area contributed by atoms with E-state index in [0.717, 1.165) is 37.7 Å². The average molecular weight is 401 g/mol. The van der Waals surface area contributed by atoms with Gasteiger partial charge in [0.05, 0.1) is 23.7 Å². The van der Waals surface area contributed by atoms with Gasteiger partial charge in [0.2, 0.25) is 0 Å². The Hall–Kier alpha value is -2.41. The van der Waals surface area contributed by atoms with Gasteiger partial charge in [0.1, 0.15) is 0 Å². The Morgan fingerprint density at radius 2 is 1.86 bits per heavy atom. The number of anilines is 1. The SMILES string of the molecule is COC(=O)c1ccc(C)c(NC(=O)COC(=O)C23C[C@@H]4C[C@@H](CC(O)(C4)C2)C3)c1. The third-order valence-corrected chi connectivity index (χ3v) is 6.73. The summed E-state index contributed by atoms with van der Waals surface area (Å²) in [5, 5.41) is 13.5. The van der Waals surface area contributed by atoms with Crippen molar-refractivity contribution >= 4 is 23.5 Å². The topological polar surface area (TPSA) is 102 Å². The second kappa shape index (κ2) is 7.13. The van der Waals surface area contributed by atoms with Crippen LogP contribution in [0.15, 0.2) is 18.2 Å². The van der Waals surface area contributed by atoms with Gasteiger partial charge in [-0.15, -0.1) is 0 Å². The fourth-order valence-electron chi connectivity index (χ4n) is 5.92. The largest absolute Gasteiger partial charge is 0.465 e. The van der Waals surface area contributed by atoms with Gasteiger partial charge in [-0.05, 0) is 75.0 Å². The summed E-state index contributed by atoms with van der Waals surface area (Å²) in [6, 6.07) is 4.87. The lowest BCUT2D eigenvalue weighted by Gasteiger charge is -2.58. The summed E-state index contributed by atoms with van der Waals surface area (Å²) in [6.07, 6.45) is 4.55. The number of carbonyl (C=O) groups is 3. The van der Waals surface area contributed by atoms with E-state index in [4.69, 9.17) is 9.47 Å². The van der Waals surface area contributed by atoms with Crippen molar-refractivity contribution in [1.29, 1.82) is 0 Å². The molecule has 0 spiro atoms. The van der Waals surface area contributed by atoms with Crippen LogP contribution in [0.25, 0.3) is 0 Å². The number of nitrogens with one attached hydrogen (secondary N) is 1. The molecule has 29 heavy (non-hydrogen) atoms. The van der Waals surface area contributed by atoms with E-state index in [1.165, 1.54) is 13.2 Å². The fraction of sp³-hybridized carbons (Fsp3) is 0.591. The molecule has 4 fully saturated rings. The molecule has 4 bridgehead atoms. The maximum Gasteiger partial charge on any atom is 0.337 e. The van der Waals surface area contributed by atoms with Gasteiger partial charge in [-0.3, -0.25) is 9.59 Å². The minimum atomic E-state index is -0.753. The number of benzene rings is 1. The van der Waals surface area contributed by atoms with Crippen LogP contribution >= 0.6 is 0 Å². The Balaban J connectivity index is 1.38. The Labute approximate surface area is 169 Å². The van der Waals surface area contributed by atoms with Gasteiger partial charge in [0.25, 0.3) is 5.91 Å². The number of aliphatic hydroxyl groups is 1. The van der Waals surface area contributed by atoms with Crippen molar-refractivity contribution in [3.8, 4) is 0 Å². The normalized spacial score (nSPS) is 32.0. The molecular weight excluding hydrogens is 374 g/mol. The zero-order chi connectivity index (χ0) is 20.8. The average Bonchev–Trinajstić information content (AvgIpc) is 2.65. The molecule has 7 nitrogen and oxygen atoms in total. The van der Waals surface area contributed by atoms with Crippen LogP contribution in [0.2, 0.25) is 0 Å². The number of hydrogen-bond acceptors (Lipinski definition) is 6. The van der Waals surface area contributed by atoms with Gasteiger partial charge in [-0.2, -0.15) is 0 Å². The van der Waals surface area contributed by atoms with Crippen molar-refractivity contribution in [1.82, 2.24) is 0 Å². The molecule has 0 saturated heterocycles. The maximum absolute atomic E-state index is 12.9. The van der Waals surface area contributed by atoms with Crippen LogP contribution in [0, 0.1) is 24.2 Å². The van der Waals surface area contributed by atoms with Gasteiger partial charge in [-0.25, -0.2) is 4.79 Å². The molecule has 0 heterocycles. The number of esters is 2. The summed E-state index contributed by atoms with van der Waals surface area (Å²) in [5.41, 5.74) is 0.169. The van der Waals surface area contributed by atoms with Crippen LogP contribution in [0.5, 0.6) is 0 Å². The lowest BCUT2D eigenvalue weighted by molar-refractivity contribution is -0.196. The zero-order valence-corrected chi connectivity index (χ0v) is 16.8. The number of carbonyl (C=O) groups excluding carboxylic acids is 3. The summed E-state index contributed by atoms with van der Waals surface area (Å²) in [7, 11) is 1.29. The highest BCUT2D eigenvalue weighted by atomic mass is 16.5. The van der Waals surface area contributed by atoms with Crippen molar-refractivity contribution in [2.45, 2.75) is 51.0 Å². The van der Waals surface area contributed by atoms with E-state index >= 15 is 0 Å². The van der Waals surface area contributed by atoms with Gasteiger partial charge in [-0.1, -0.05) is 6.07 Å². The van der Waals surface area contributed by atoms with Gasteiger partial charge >= 0.3 is 11.9 Å². The van der Waals surface area contributed by atoms with Crippen LogP contribution in [0.1, 0.15) is 54.4 Å². The molecule has 4 aliphatic rings. The van der Waals surface area contributed by atoms with E-state index < -0.39 is 29.5 Å². The predicted molar refractivity (Wildman–Crippen MR) is 104 cm³/mol. The zero-order valence-electron chi connectivity index (χ0n) is 16.8. The number of amides is 1. The first-order chi connectivity index (χ1) is 13.7. The molecule has 0 aromatic heterocycles. The van der Waals surface area contributed by atoms with E-state index in [-0.39, 0.29) is 5.97 Å². The summed E-state index contributed by atoms with van der Waals surface area (Å²) in [4.78, 5) is 36.9. The molecule has 7 heteroatoms. The highest BCUT2D eigenvalue weighted by Gasteiger charge is 2.60. The Kier molecular flexibility index (Phi) is 4.89. The molecule has 1 amide bonds. The molecule has 4 aliphatic carbocycles. The number of hydrogen-bond donors (Lipinski definition) is 2. The van der Waals surface area contributed by atoms with E-state index in [2.05, 4.69) is 5.32 Å². The summed E-state index contributed by atoms with van der Waals surface area (Å²) in [5.74, 6) is -0.600. The molecule has 5 rings (SSSR count). The summed E-state index contributed by atoms with van der Waals surface area (Å²) < 4.78 is 10.1. The molecule has 2 N–H and O–H groups in total. The molecule has 0 radical (unpaired) electrons. The minimum Gasteiger partial charge on any atom is -0.465 e.